The summed E-state index contributed by atoms with van der Waals surface area (Å²) >= 11 is 0. The van der Waals surface area contributed by atoms with Crippen LogP contribution in [-0.2, 0) is 4.79 Å². The summed E-state index contributed by atoms with van der Waals surface area (Å²) in [5.74, 6) is 0.264. The van der Waals surface area contributed by atoms with Gasteiger partial charge in [-0.1, -0.05) is 80.1 Å². The molecular formula is C18H37NO. The minimum absolute atomic E-state index is 0.156. The van der Waals surface area contributed by atoms with Crippen molar-refractivity contribution in [1.29, 1.82) is 0 Å². The van der Waals surface area contributed by atoms with Gasteiger partial charge in [0.1, 0.15) is 0 Å². The van der Waals surface area contributed by atoms with Gasteiger partial charge in [0.05, 0.1) is 0 Å². The fraction of sp³-hybridized carbons (Fsp3) is 0.944. The number of amides is 1. The molecule has 2 heteroatoms. The van der Waals surface area contributed by atoms with Crippen LogP contribution < -0.4 is 5.32 Å². The molecule has 0 atom stereocenters. The highest BCUT2D eigenvalue weighted by Gasteiger charge is 2.32. The Hall–Kier alpha value is -0.530. The molecule has 0 spiro atoms. The van der Waals surface area contributed by atoms with Crippen LogP contribution in [0, 0.1) is 10.8 Å². The first-order valence-corrected chi connectivity index (χ1v) is 8.53. The van der Waals surface area contributed by atoms with Crippen LogP contribution in [0.2, 0.25) is 0 Å². The van der Waals surface area contributed by atoms with E-state index in [-0.39, 0.29) is 16.7 Å². The average molecular weight is 284 g/mol. The Kier molecular flexibility index (Phi) is 9.16. The molecule has 20 heavy (non-hydrogen) atoms. The molecule has 0 fully saturated rings. The van der Waals surface area contributed by atoms with Crippen LogP contribution in [0.1, 0.15) is 92.9 Å². The maximum absolute atomic E-state index is 12.6. The number of rotatable bonds is 10. The van der Waals surface area contributed by atoms with Gasteiger partial charge in [-0.25, -0.2) is 0 Å². The molecule has 0 unspecified atom stereocenters. The number of nitrogens with one attached hydrogen (secondary N) is 1. The quantitative estimate of drug-likeness (QED) is 0.540. The minimum atomic E-state index is -0.171. The summed E-state index contributed by atoms with van der Waals surface area (Å²) in [4.78, 5) is 12.6. The molecule has 0 bridgehead atoms. The van der Waals surface area contributed by atoms with Crippen LogP contribution in [0.5, 0.6) is 0 Å². The largest absolute Gasteiger partial charge is 0.355 e. The van der Waals surface area contributed by atoms with E-state index in [4.69, 9.17) is 0 Å². The molecule has 0 aromatic heterocycles. The predicted molar refractivity (Wildman–Crippen MR) is 88.9 cm³/mol. The molecule has 0 saturated heterocycles. The second-order valence-electron chi connectivity index (χ2n) is 7.72. The van der Waals surface area contributed by atoms with Gasteiger partial charge in [0.15, 0.2) is 0 Å². The van der Waals surface area contributed by atoms with Crippen molar-refractivity contribution in [2.45, 2.75) is 92.9 Å². The highest BCUT2D eigenvalue weighted by atomic mass is 16.2. The van der Waals surface area contributed by atoms with Crippen LogP contribution in [0.15, 0.2) is 0 Å². The normalized spacial score (nSPS) is 12.5. The zero-order valence-electron chi connectivity index (χ0n) is 14.8. The highest BCUT2D eigenvalue weighted by Crippen LogP contribution is 2.31. The second-order valence-corrected chi connectivity index (χ2v) is 7.72. The third kappa shape index (κ3) is 8.60. The van der Waals surface area contributed by atoms with Crippen molar-refractivity contribution in [3.05, 3.63) is 0 Å². The van der Waals surface area contributed by atoms with Crippen molar-refractivity contribution < 1.29 is 4.79 Å². The van der Waals surface area contributed by atoms with Gasteiger partial charge >= 0.3 is 0 Å². The van der Waals surface area contributed by atoms with Crippen molar-refractivity contribution in [1.82, 2.24) is 5.32 Å². The zero-order valence-corrected chi connectivity index (χ0v) is 14.8. The number of unbranched alkanes of at least 4 members (excludes halogenated alkanes) is 4. The molecule has 0 aliphatic heterocycles. The Bertz CT molecular complexity index is 255. The zero-order chi connectivity index (χ0) is 15.6. The Morgan fingerprint density at radius 2 is 1.30 bits per heavy atom. The molecule has 0 rings (SSSR count). The number of carbonyl (C=O) groups excluding carboxylic acids is 1. The van der Waals surface area contributed by atoms with E-state index in [1.54, 1.807) is 0 Å². The van der Waals surface area contributed by atoms with Crippen molar-refractivity contribution in [3.8, 4) is 0 Å². The van der Waals surface area contributed by atoms with Gasteiger partial charge in [0.2, 0.25) is 5.91 Å². The van der Waals surface area contributed by atoms with Gasteiger partial charge in [-0.05, 0) is 18.3 Å². The van der Waals surface area contributed by atoms with Gasteiger partial charge in [-0.2, -0.15) is 0 Å². The SMILES string of the molecule is CCCCCC(C)(CCCCC)C(=O)NCC(C)(C)C. The third-order valence-electron chi connectivity index (χ3n) is 3.99. The molecule has 0 aromatic carbocycles. The fourth-order valence-corrected chi connectivity index (χ4v) is 2.44. The van der Waals surface area contributed by atoms with Crippen LogP contribution in [-0.4, -0.2) is 12.5 Å². The van der Waals surface area contributed by atoms with E-state index in [0.717, 1.165) is 19.4 Å². The second kappa shape index (κ2) is 9.41. The van der Waals surface area contributed by atoms with Gasteiger partial charge in [-0.15, -0.1) is 0 Å². The molecule has 0 aliphatic rings. The summed E-state index contributed by atoms with van der Waals surface area (Å²) in [5, 5.41) is 3.18. The van der Waals surface area contributed by atoms with Crippen molar-refractivity contribution >= 4 is 5.91 Å². The first-order valence-electron chi connectivity index (χ1n) is 8.53. The van der Waals surface area contributed by atoms with Gasteiger partial charge in [0, 0.05) is 12.0 Å². The molecule has 0 saturated carbocycles. The van der Waals surface area contributed by atoms with Gasteiger partial charge < -0.3 is 5.32 Å². The maximum Gasteiger partial charge on any atom is 0.225 e. The van der Waals surface area contributed by atoms with E-state index in [1.807, 2.05) is 0 Å². The van der Waals surface area contributed by atoms with Crippen molar-refractivity contribution in [2.24, 2.45) is 10.8 Å². The maximum atomic E-state index is 12.6. The summed E-state index contributed by atoms with van der Waals surface area (Å²) in [5.41, 5.74) is -0.0149. The first kappa shape index (κ1) is 19.5. The standard InChI is InChI=1S/C18H37NO/c1-7-9-11-13-18(6,14-12-10-8-2)16(20)19-15-17(3,4)5/h7-15H2,1-6H3,(H,19,20). The van der Waals surface area contributed by atoms with E-state index >= 15 is 0 Å². The molecule has 0 heterocycles. The first-order chi connectivity index (χ1) is 9.25. The lowest BCUT2D eigenvalue weighted by molar-refractivity contribution is -0.131. The summed E-state index contributed by atoms with van der Waals surface area (Å²) in [6.07, 6.45) is 9.29. The number of hydrogen-bond acceptors (Lipinski definition) is 1. The highest BCUT2D eigenvalue weighted by molar-refractivity contribution is 5.82. The van der Waals surface area contributed by atoms with E-state index in [2.05, 4.69) is 46.9 Å². The number of carbonyl (C=O) groups is 1. The van der Waals surface area contributed by atoms with Crippen molar-refractivity contribution in [3.63, 3.8) is 0 Å². The average Bonchev–Trinajstić information content (AvgIpc) is 2.35. The smallest absolute Gasteiger partial charge is 0.225 e. The molecule has 1 amide bonds. The lowest BCUT2D eigenvalue weighted by Gasteiger charge is -2.30. The molecular weight excluding hydrogens is 246 g/mol. The van der Waals surface area contributed by atoms with Crippen LogP contribution in [0.4, 0.5) is 0 Å². The van der Waals surface area contributed by atoms with E-state index in [9.17, 15) is 4.79 Å². The Morgan fingerprint density at radius 1 is 0.850 bits per heavy atom. The molecule has 0 radical (unpaired) electrons. The monoisotopic (exact) mass is 283 g/mol. The summed E-state index contributed by atoms with van der Waals surface area (Å²) < 4.78 is 0. The Morgan fingerprint density at radius 3 is 1.65 bits per heavy atom. The lowest BCUT2D eigenvalue weighted by atomic mass is 9.78. The number of hydrogen-bond donors (Lipinski definition) is 1. The Labute approximate surface area is 127 Å². The lowest BCUT2D eigenvalue weighted by Crippen LogP contribution is -2.42. The molecule has 1 N–H and O–H groups in total. The molecule has 0 aliphatic carbocycles. The van der Waals surface area contributed by atoms with E-state index < -0.39 is 0 Å². The summed E-state index contributed by atoms with van der Waals surface area (Å²) in [6.45, 7) is 13.9. The molecule has 0 aromatic rings. The minimum Gasteiger partial charge on any atom is -0.355 e. The van der Waals surface area contributed by atoms with E-state index in [0.29, 0.717) is 0 Å². The fourth-order valence-electron chi connectivity index (χ4n) is 2.44. The third-order valence-corrected chi connectivity index (χ3v) is 3.99. The van der Waals surface area contributed by atoms with Crippen LogP contribution in [0.3, 0.4) is 0 Å². The topological polar surface area (TPSA) is 29.1 Å². The molecule has 120 valence electrons. The van der Waals surface area contributed by atoms with Gasteiger partial charge in [-0.3, -0.25) is 4.79 Å². The van der Waals surface area contributed by atoms with Gasteiger partial charge in [0.25, 0.3) is 0 Å². The Balaban J connectivity index is 4.50. The predicted octanol–water partition coefficient (Wildman–Crippen LogP) is 5.32. The molecule has 2 nitrogen and oxygen atoms in total. The van der Waals surface area contributed by atoms with E-state index in [1.165, 1.54) is 38.5 Å². The van der Waals surface area contributed by atoms with Crippen LogP contribution >= 0.6 is 0 Å². The summed E-state index contributed by atoms with van der Waals surface area (Å²) in [6, 6.07) is 0. The van der Waals surface area contributed by atoms with Crippen LogP contribution in [0.25, 0.3) is 0 Å². The summed E-state index contributed by atoms with van der Waals surface area (Å²) in [7, 11) is 0. The van der Waals surface area contributed by atoms with Crippen molar-refractivity contribution in [2.75, 3.05) is 6.54 Å².